The van der Waals surface area contributed by atoms with E-state index in [9.17, 15) is 8.42 Å². The summed E-state index contributed by atoms with van der Waals surface area (Å²) >= 11 is 12.0. The van der Waals surface area contributed by atoms with Gasteiger partial charge in [-0.3, -0.25) is 4.90 Å². The van der Waals surface area contributed by atoms with Crippen molar-refractivity contribution in [2.45, 2.75) is 4.90 Å². The molecular formula is C13H15Cl2N3O2S. The van der Waals surface area contributed by atoms with Crippen LogP contribution in [0.2, 0.25) is 10.0 Å². The van der Waals surface area contributed by atoms with E-state index in [0.29, 0.717) is 38.4 Å². The molecule has 2 N–H and O–H groups in total. The molecule has 0 bridgehead atoms. The van der Waals surface area contributed by atoms with Crippen molar-refractivity contribution in [2.75, 3.05) is 38.5 Å². The standard InChI is InChI=1S/C13H15Cl2N3O2S/c1-2-3-17-4-6-18(7-5-17)21(19,20)13-11(14)8-10(16)9-12(13)15/h1,8-9H,3-7,16H2. The van der Waals surface area contributed by atoms with Gasteiger partial charge in [-0.15, -0.1) is 6.42 Å². The van der Waals surface area contributed by atoms with E-state index in [1.54, 1.807) is 0 Å². The molecule has 1 saturated heterocycles. The first kappa shape index (κ1) is 16.4. The molecule has 1 aliphatic rings. The zero-order valence-corrected chi connectivity index (χ0v) is 13.5. The van der Waals surface area contributed by atoms with Gasteiger partial charge in [0.2, 0.25) is 10.0 Å². The highest BCUT2D eigenvalue weighted by Crippen LogP contribution is 2.34. The van der Waals surface area contributed by atoms with Crippen LogP contribution in [0.15, 0.2) is 17.0 Å². The molecule has 8 heteroatoms. The quantitative estimate of drug-likeness (QED) is 0.664. The molecule has 5 nitrogen and oxygen atoms in total. The van der Waals surface area contributed by atoms with Crippen molar-refractivity contribution in [2.24, 2.45) is 0 Å². The third-order valence-electron chi connectivity index (χ3n) is 3.26. The van der Waals surface area contributed by atoms with Crippen LogP contribution in [-0.2, 0) is 10.0 Å². The number of halogens is 2. The van der Waals surface area contributed by atoms with Crippen molar-refractivity contribution in [3.63, 3.8) is 0 Å². The summed E-state index contributed by atoms with van der Waals surface area (Å²) in [6.07, 6.45) is 5.25. The van der Waals surface area contributed by atoms with Gasteiger partial charge < -0.3 is 5.73 Å². The second-order valence-corrected chi connectivity index (χ2v) is 7.39. The van der Waals surface area contributed by atoms with Gasteiger partial charge in [0, 0.05) is 31.9 Å². The maximum Gasteiger partial charge on any atom is 0.246 e. The molecule has 21 heavy (non-hydrogen) atoms. The Bertz CT molecular complexity index is 654. The average molecular weight is 348 g/mol. The van der Waals surface area contributed by atoms with E-state index >= 15 is 0 Å². The summed E-state index contributed by atoms with van der Waals surface area (Å²) in [6.45, 7) is 2.36. The van der Waals surface area contributed by atoms with Gasteiger partial charge in [0.15, 0.2) is 0 Å². The van der Waals surface area contributed by atoms with Gasteiger partial charge >= 0.3 is 0 Å². The summed E-state index contributed by atoms with van der Waals surface area (Å²) in [6, 6.07) is 2.77. The van der Waals surface area contributed by atoms with Crippen LogP contribution in [0.25, 0.3) is 0 Å². The Labute approximate surface area is 134 Å². The first-order chi connectivity index (χ1) is 9.86. The first-order valence-corrected chi connectivity index (χ1v) is 8.46. The van der Waals surface area contributed by atoms with Gasteiger partial charge in [0.1, 0.15) is 4.90 Å². The van der Waals surface area contributed by atoms with Crippen molar-refractivity contribution in [3.8, 4) is 12.3 Å². The van der Waals surface area contributed by atoms with E-state index in [4.69, 9.17) is 35.4 Å². The van der Waals surface area contributed by atoms with Crippen LogP contribution in [0, 0.1) is 12.3 Å². The number of piperazine rings is 1. The Morgan fingerprint density at radius 3 is 2.19 bits per heavy atom. The van der Waals surface area contributed by atoms with Crippen LogP contribution in [0.3, 0.4) is 0 Å². The van der Waals surface area contributed by atoms with Gasteiger partial charge in [0.05, 0.1) is 16.6 Å². The molecule has 1 fully saturated rings. The first-order valence-electron chi connectivity index (χ1n) is 6.26. The lowest BCUT2D eigenvalue weighted by Gasteiger charge is -2.33. The third kappa shape index (κ3) is 3.44. The summed E-state index contributed by atoms with van der Waals surface area (Å²) in [5.74, 6) is 2.55. The van der Waals surface area contributed by atoms with Crippen LogP contribution in [0.5, 0.6) is 0 Å². The number of nitrogens with two attached hydrogens (primary N) is 1. The minimum absolute atomic E-state index is 0.0334. The molecule has 1 heterocycles. The predicted octanol–water partition coefficient (Wildman–Crippen LogP) is 1.52. The largest absolute Gasteiger partial charge is 0.399 e. The Morgan fingerprint density at radius 1 is 1.19 bits per heavy atom. The predicted molar refractivity (Wildman–Crippen MR) is 84.9 cm³/mol. The highest BCUT2D eigenvalue weighted by molar-refractivity contribution is 7.89. The topological polar surface area (TPSA) is 66.6 Å². The van der Waals surface area contributed by atoms with Gasteiger partial charge in [0.25, 0.3) is 0 Å². The number of terminal acetylenes is 1. The van der Waals surface area contributed by atoms with E-state index < -0.39 is 10.0 Å². The number of nitrogen functional groups attached to an aromatic ring is 1. The second kappa shape index (κ2) is 6.42. The third-order valence-corrected chi connectivity index (χ3v) is 6.09. The Kier molecular flexibility index (Phi) is 5.02. The van der Waals surface area contributed by atoms with Crippen LogP contribution in [-0.4, -0.2) is 50.3 Å². The SMILES string of the molecule is C#CCN1CCN(S(=O)(=O)c2c(Cl)cc(N)cc2Cl)CC1. The number of anilines is 1. The van der Waals surface area contributed by atoms with Crippen molar-refractivity contribution in [3.05, 3.63) is 22.2 Å². The van der Waals surface area contributed by atoms with Crippen molar-refractivity contribution < 1.29 is 8.42 Å². The molecule has 0 unspecified atom stereocenters. The summed E-state index contributed by atoms with van der Waals surface area (Å²) < 4.78 is 26.7. The molecule has 0 spiro atoms. The maximum absolute atomic E-state index is 12.7. The lowest BCUT2D eigenvalue weighted by atomic mass is 10.3. The summed E-state index contributed by atoms with van der Waals surface area (Å²) in [5, 5.41) is 0.0668. The molecule has 0 atom stereocenters. The minimum Gasteiger partial charge on any atom is -0.399 e. The van der Waals surface area contributed by atoms with E-state index in [1.165, 1.54) is 16.4 Å². The Hall–Kier alpha value is -0.970. The molecule has 0 aromatic heterocycles. The van der Waals surface area contributed by atoms with Gasteiger partial charge in [-0.1, -0.05) is 29.1 Å². The van der Waals surface area contributed by atoms with Crippen LogP contribution in [0.4, 0.5) is 5.69 Å². The number of hydrogen-bond acceptors (Lipinski definition) is 4. The number of sulfonamides is 1. The summed E-state index contributed by atoms with van der Waals surface area (Å²) in [7, 11) is -3.74. The van der Waals surface area contributed by atoms with Crippen LogP contribution in [0.1, 0.15) is 0 Å². The summed E-state index contributed by atoms with van der Waals surface area (Å²) in [5.41, 5.74) is 5.92. The molecular weight excluding hydrogens is 333 g/mol. The molecule has 0 aliphatic carbocycles. The van der Waals surface area contributed by atoms with Gasteiger partial charge in [-0.25, -0.2) is 8.42 Å². The highest BCUT2D eigenvalue weighted by atomic mass is 35.5. The maximum atomic E-state index is 12.7. The van der Waals surface area contributed by atoms with Crippen molar-refractivity contribution >= 4 is 38.9 Å². The zero-order valence-electron chi connectivity index (χ0n) is 11.2. The number of rotatable bonds is 3. The van der Waals surface area contributed by atoms with E-state index in [0.717, 1.165) is 0 Å². The van der Waals surface area contributed by atoms with Crippen LogP contribution < -0.4 is 5.73 Å². The molecule has 0 amide bonds. The lowest BCUT2D eigenvalue weighted by molar-refractivity contribution is 0.207. The molecule has 0 saturated carbocycles. The molecule has 1 aromatic carbocycles. The average Bonchev–Trinajstić information content (AvgIpc) is 2.38. The molecule has 2 rings (SSSR count). The number of hydrogen-bond donors (Lipinski definition) is 1. The fourth-order valence-electron chi connectivity index (χ4n) is 2.21. The fraction of sp³-hybridized carbons (Fsp3) is 0.385. The van der Waals surface area contributed by atoms with E-state index in [2.05, 4.69) is 5.92 Å². The van der Waals surface area contributed by atoms with Crippen molar-refractivity contribution in [1.29, 1.82) is 0 Å². The van der Waals surface area contributed by atoms with Gasteiger partial charge in [-0.05, 0) is 12.1 Å². The fourth-order valence-corrected chi connectivity index (χ4v) is 4.81. The minimum atomic E-state index is -3.74. The van der Waals surface area contributed by atoms with E-state index in [-0.39, 0.29) is 14.9 Å². The highest BCUT2D eigenvalue weighted by Gasteiger charge is 2.31. The van der Waals surface area contributed by atoms with Crippen LogP contribution >= 0.6 is 23.2 Å². The molecule has 114 valence electrons. The number of nitrogens with zero attached hydrogens (tertiary/aromatic N) is 2. The second-order valence-electron chi connectivity index (χ2n) is 4.70. The smallest absolute Gasteiger partial charge is 0.246 e. The van der Waals surface area contributed by atoms with Gasteiger partial charge in [-0.2, -0.15) is 4.31 Å². The molecule has 0 radical (unpaired) electrons. The molecule has 1 aliphatic heterocycles. The monoisotopic (exact) mass is 347 g/mol. The van der Waals surface area contributed by atoms with E-state index in [1.807, 2.05) is 4.90 Å². The molecule has 1 aromatic rings. The normalized spacial score (nSPS) is 17.6. The zero-order chi connectivity index (χ0) is 15.6. The summed E-state index contributed by atoms with van der Waals surface area (Å²) in [4.78, 5) is 1.92. The Morgan fingerprint density at radius 2 is 1.71 bits per heavy atom. The lowest BCUT2D eigenvalue weighted by Crippen LogP contribution is -2.48. The Balaban J connectivity index is 2.27. The van der Waals surface area contributed by atoms with Crippen molar-refractivity contribution in [1.82, 2.24) is 9.21 Å². The number of benzene rings is 1.